The zero-order valence-corrected chi connectivity index (χ0v) is 20.3. The van der Waals surface area contributed by atoms with Crippen molar-refractivity contribution >= 4 is 34.2 Å². The van der Waals surface area contributed by atoms with E-state index in [1.165, 1.54) is 12.1 Å². The number of aromatic amines is 1. The molecule has 0 radical (unpaired) electrons. The molecule has 0 aliphatic heterocycles. The van der Waals surface area contributed by atoms with E-state index in [1.807, 2.05) is 11.9 Å². The first-order chi connectivity index (χ1) is 16.9. The van der Waals surface area contributed by atoms with Crippen LogP contribution < -0.4 is 16.0 Å². The topological polar surface area (TPSA) is 119 Å². The van der Waals surface area contributed by atoms with Crippen LogP contribution in [0.4, 0.5) is 8.78 Å². The van der Waals surface area contributed by atoms with Crippen LogP contribution in [0.25, 0.3) is 16.7 Å². The molecule has 2 heterocycles. The fourth-order valence-electron chi connectivity index (χ4n) is 3.90. The van der Waals surface area contributed by atoms with Crippen molar-refractivity contribution in [1.82, 2.24) is 24.3 Å². The van der Waals surface area contributed by atoms with Gasteiger partial charge in [0, 0.05) is 18.5 Å². The van der Waals surface area contributed by atoms with E-state index in [-0.39, 0.29) is 33.1 Å². The minimum atomic E-state index is -3.13. The number of nitrogens with zero attached hydrogens (tertiary/aromatic N) is 5. The summed E-state index contributed by atoms with van der Waals surface area (Å²) in [5.41, 5.74) is -1.82. The highest BCUT2D eigenvalue weighted by Crippen LogP contribution is 2.48. The summed E-state index contributed by atoms with van der Waals surface area (Å²) in [5, 5.41) is 12.7. The van der Waals surface area contributed by atoms with Crippen molar-refractivity contribution in [3.05, 3.63) is 72.7 Å². The minimum Gasteiger partial charge on any atom is -0.454 e. The average Bonchev–Trinajstić information content (AvgIpc) is 3.40. The number of nitriles is 1. The number of hydrogen-bond acceptors (Lipinski definition) is 6. The van der Waals surface area contributed by atoms with E-state index in [0.717, 1.165) is 24.4 Å². The van der Waals surface area contributed by atoms with Crippen molar-refractivity contribution in [2.24, 2.45) is 0 Å². The van der Waals surface area contributed by atoms with Gasteiger partial charge in [0.1, 0.15) is 11.8 Å². The molecular weight excluding hydrogens is 517 g/mol. The Morgan fingerprint density at radius 1 is 1.19 bits per heavy atom. The maximum absolute atomic E-state index is 14.3. The van der Waals surface area contributed by atoms with E-state index in [4.69, 9.17) is 33.2 Å². The Hall–Kier alpha value is -3.75. The van der Waals surface area contributed by atoms with Crippen LogP contribution in [0.1, 0.15) is 38.2 Å². The summed E-state index contributed by atoms with van der Waals surface area (Å²) < 4.78 is 36.9. The fourth-order valence-corrected chi connectivity index (χ4v) is 4.45. The van der Waals surface area contributed by atoms with E-state index in [2.05, 4.69) is 10.1 Å². The van der Waals surface area contributed by atoms with Gasteiger partial charge in [0.15, 0.2) is 11.6 Å². The fraction of sp³-hybridized carbons (Fsp3) is 0.261. The molecule has 0 bridgehead atoms. The number of benzene rings is 2. The van der Waals surface area contributed by atoms with Crippen LogP contribution in [0.15, 0.2) is 39.9 Å². The zero-order valence-electron chi connectivity index (χ0n) is 18.8. The summed E-state index contributed by atoms with van der Waals surface area (Å²) in [6, 6.07) is 8.95. The number of halogens is 4. The number of aromatic nitrogens is 5. The molecule has 5 rings (SSSR count). The Labute approximate surface area is 211 Å². The summed E-state index contributed by atoms with van der Waals surface area (Å²) in [7, 11) is 0. The van der Waals surface area contributed by atoms with E-state index in [0.29, 0.717) is 11.0 Å². The van der Waals surface area contributed by atoms with Crippen LogP contribution in [0.5, 0.6) is 11.5 Å². The SMILES string of the molecule is CC(F)(F)c1nc2ccc(Oc3c(Cl)cc(-n4nc(C#N)c(=O)[nH]c4=O)cc3Cl)cc2n1C1(C)CC1. The second kappa shape index (κ2) is 8.15. The number of rotatable bonds is 5. The van der Waals surface area contributed by atoms with Gasteiger partial charge < -0.3 is 9.30 Å². The number of nitrogens with one attached hydrogen (secondary N) is 1. The molecule has 1 aliphatic rings. The number of ether oxygens (including phenoxy) is 1. The summed E-state index contributed by atoms with van der Waals surface area (Å²) in [6.07, 6.45) is 1.49. The van der Waals surface area contributed by atoms with Gasteiger partial charge in [-0.05, 0) is 44.0 Å². The first kappa shape index (κ1) is 24.0. The lowest BCUT2D eigenvalue weighted by Gasteiger charge is -2.19. The Bertz CT molecular complexity index is 1690. The van der Waals surface area contributed by atoms with Gasteiger partial charge in [0.05, 0.1) is 26.8 Å². The van der Waals surface area contributed by atoms with E-state index < -0.39 is 28.4 Å². The van der Waals surface area contributed by atoms with Gasteiger partial charge in [-0.2, -0.15) is 18.7 Å². The molecule has 36 heavy (non-hydrogen) atoms. The van der Waals surface area contributed by atoms with Gasteiger partial charge in [-0.3, -0.25) is 9.78 Å². The highest BCUT2D eigenvalue weighted by molar-refractivity contribution is 6.37. The molecule has 1 N–H and O–H groups in total. The number of H-pyrrole nitrogens is 1. The molecule has 0 amide bonds. The molecule has 0 atom stereocenters. The van der Waals surface area contributed by atoms with Crippen molar-refractivity contribution in [2.75, 3.05) is 0 Å². The smallest absolute Gasteiger partial charge is 0.349 e. The number of alkyl halides is 2. The Morgan fingerprint density at radius 3 is 2.44 bits per heavy atom. The third-order valence-electron chi connectivity index (χ3n) is 5.91. The predicted molar refractivity (Wildman–Crippen MR) is 127 cm³/mol. The Morgan fingerprint density at radius 2 is 1.86 bits per heavy atom. The number of hydrogen-bond donors (Lipinski definition) is 1. The molecular formula is C23H16Cl2F2N6O3. The maximum atomic E-state index is 14.3. The van der Waals surface area contributed by atoms with Gasteiger partial charge in [-0.15, -0.1) is 5.10 Å². The van der Waals surface area contributed by atoms with Gasteiger partial charge >= 0.3 is 11.6 Å². The zero-order chi connectivity index (χ0) is 26.0. The largest absolute Gasteiger partial charge is 0.454 e. The second-order valence-corrected chi connectivity index (χ2v) is 9.59. The number of fused-ring (bicyclic) bond motifs is 1. The molecule has 1 saturated carbocycles. The molecule has 13 heteroatoms. The highest BCUT2D eigenvalue weighted by Gasteiger charge is 2.46. The monoisotopic (exact) mass is 532 g/mol. The second-order valence-electron chi connectivity index (χ2n) is 8.78. The molecule has 184 valence electrons. The lowest BCUT2D eigenvalue weighted by atomic mass is 10.2. The first-order valence-electron chi connectivity index (χ1n) is 10.6. The third kappa shape index (κ3) is 4.02. The lowest BCUT2D eigenvalue weighted by molar-refractivity contribution is 0.00279. The minimum absolute atomic E-state index is 0.000512. The summed E-state index contributed by atoms with van der Waals surface area (Å²) >= 11 is 12.8. The summed E-state index contributed by atoms with van der Waals surface area (Å²) in [6.45, 7) is 2.71. The molecule has 2 aromatic heterocycles. The van der Waals surface area contributed by atoms with Crippen LogP contribution in [-0.2, 0) is 11.5 Å². The summed E-state index contributed by atoms with van der Waals surface area (Å²) in [4.78, 5) is 29.9. The molecule has 1 aliphatic carbocycles. The average molecular weight is 533 g/mol. The van der Waals surface area contributed by atoms with Crippen LogP contribution in [0.2, 0.25) is 10.0 Å². The quantitative estimate of drug-likeness (QED) is 0.392. The molecule has 2 aromatic carbocycles. The standard InChI is InChI=1S/C23H16Cl2F2N6O3/c1-22(5-6-22)32-17-9-12(3-4-15(17)29-20(32)23(2,26)27)36-18-13(24)7-11(8-14(18)25)33-21(35)30-19(34)16(10-28)31-33/h3-4,7-9H,5-6H2,1-2H3,(H,30,34,35). The predicted octanol–water partition coefficient (Wildman–Crippen LogP) is 4.86. The maximum Gasteiger partial charge on any atom is 0.349 e. The molecule has 0 unspecified atom stereocenters. The van der Waals surface area contributed by atoms with E-state index >= 15 is 0 Å². The van der Waals surface area contributed by atoms with Crippen LogP contribution in [0, 0.1) is 11.3 Å². The Balaban J connectivity index is 1.56. The van der Waals surface area contributed by atoms with Crippen molar-refractivity contribution in [3.8, 4) is 23.3 Å². The molecule has 0 spiro atoms. The van der Waals surface area contributed by atoms with Gasteiger partial charge in [0.25, 0.3) is 5.56 Å². The van der Waals surface area contributed by atoms with Gasteiger partial charge in [0.2, 0.25) is 5.69 Å². The summed E-state index contributed by atoms with van der Waals surface area (Å²) in [5.74, 6) is -3.12. The van der Waals surface area contributed by atoms with Crippen LogP contribution >= 0.6 is 23.2 Å². The highest BCUT2D eigenvalue weighted by atomic mass is 35.5. The Kier molecular flexibility index (Phi) is 5.42. The molecule has 0 saturated heterocycles. The number of imidazole rings is 1. The van der Waals surface area contributed by atoms with E-state index in [9.17, 15) is 18.4 Å². The van der Waals surface area contributed by atoms with E-state index in [1.54, 1.807) is 28.8 Å². The molecule has 9 nitrogen and oxygen atoms in total. The van der Waals surface area contributed by atoms with Gasteiger partial charge in [-0.1, -0.05) is 23.2 Å². The van der Waals surface area contributed by atoms with Crippen molar-refractivity contribution in [2.45, 2.75) is 38.2 Å². The van der Waals surface area contributed by atoms with Crippen molar-refractivity contribution < 1.29 is 13.5 Å². The van der Waals surface area contributed by atoms with Gasteiger partial charge in [-0.25, -0.2) is 9.78 Å². The van der Waals surface area contributed by atoms with Crippen molar-refractivity contribution in [1.29, 1.82) is 5.26 Å². The normalized spacial score (nSPS) is 14.6. The van der Waals surface area contributed by atoms with Crippen LogP contribution in [0.3, 0.4) is 0 Å². The lowest BCUT2D eigenvalue weighted by Crippen LogP contribution is -2.33. The third-order valence-corrected chi connectivity index (χ3v) is 6.47. The first-order valence-corrected chi connectivity index (χ1v) is 11.4. The van der Waals surface area contributed by atoms with Crippen molar-refractivity contribution in [3.63, 3.8) is 0 Å². The molecule has 1 fully saturated rings. The molecule has 4 aromatic rings. The van der Waals surface area contributed by atoms with Crippen LogP contribution in [-0.4, -0.2) is 24.3 Å².